The molecule has 0 bridgehead atoms. The van der Waals surface area contributed by atoms with Gasteiger partial charge < -0.3 is 10.1 Å². The summed E-state index contributed by atoms with van der Waals surface area (Å²) in [7, 11) is 1.71. The molecule has 0 aliphatic carbocycles. The molecule has 0 unspecified atom stereocenters. The zero-order chi connectivity index (χ0) is 15.0. The first-order valence-corrected chi connectivity index (χ1v) is 7.85. The lowest BCUT2D eigenvalue weighted by molar-refractivity contribution is 0.0322. The summed E-state index contributed by atoms with van der Waals surface area (Å²) >= 11 is 3.65. The molecule has 1 saturated heterocycles. The molecule has 0 atom stereocenters. The predicted molar refractivity (Wildman–Crippen MR) is 87.3 cm³/mol. The molecule has 0 saturated carbocycles. The highest BCUT2D eigenvalue weighted by atomic mass is 79.9. The average molecular weight is 341 g/mol. The molecule has 1 aliphatic rings. The predicted octanol–water partition coefficient (Wildman–Crippen LogP) is 3.42. The quantitative estimate of drug-likeness (QED) is 0.912. The Kier molecular flexibility index (Phi) is 4.47. The Labute approximate surface area is 130 Å². The van der Waals surface area contributed by atoms with Crippen molar-refractivity contribution in [3.05, 3.63) is 28.2 Å². The standard InChI is InChI=1S/C16H25BrN2O/c1-15(2)11-19(16(3,4)10-18-15)9-12-8-13(20-5)6-7-14(12)17/h6-8,18H,9-11H2,1-5H3. The molecule has 1 aromatic carbocycles. The minimum absolute atomic E-state index is 0.151. The molecule has 1 fully saturated rings. The molecular formula is C16H25BrN2O. The summed E-state index contributed by atoms with van der Waals surface area (Å²) in [5.41, 5.74) is 1.58. The first-order valence-electron chi connectivity index (χ1n) is 7.06. The van der Waals surface area contributed by atoms with Crippen molar-refractivity contribution in [3.8, 4) is 5.75 Å². The number of nitrogens with one attached hydrogen (secondary N) is 1. The van der Waals surface area contributed by atoms with Crippen LogP contribution in [0.5, 0.6) is 5.75 Å². The van der Waals surface area contributed by atoms with Crippen molar-refractivity contribution < 1.29 is 4.74 Å². The highest BCUT2D eigenvalue weighted by molar-refractivity contribution is 9.10. The Morgan fingerprint density at radius 1 is 1.30 bits per heavy atom. The van der Waals surface area contributed by atoms with E-state index in [4.69, 9.17) is 4.74 Å². The Balaban J connectivity index is 2.23. The molecule has 112 valence electrons. The number of nitrogens with zero attached hydrogens (tertiary/aromatic N) is 1. The molecule has 1 heterocycles. The number of methoxy groups -OCH3 is 1. The van der Waals surface area contributed by atoms with E-state index in [1.54, 1.807) is 7.11 Å². The molecule has 1 N–H and O–H groups in total. The lowest BCUT2D eigenvalue weighted by atomic mass is 9.91. The molecular weight excluding hydrogens is 316 g/mol. The van der Waals surface area contributed by atoms with Crippen molar-refractivity contribution in [2.45, 2.75) is 45.3 Å². The van der Waals surface area contributed by atoms with Gasteiger partial charge in [-0.3, -0.25) is 4.90 Å². The molecule has 1 aromatic rings. The van der Waals surface area contributed by atoms with Crippen LogP contribution in [0.4, 0.5) is 0 Å². The van der Waals surface area contributed by atoms with Gasteiger partial charge in [0.1, 0.15) is 5.75 Å². The molecule has 3 nitrogen and oxygen atoms in total. The zero-order valence-corrected chi connectivity index (χ0v) is 14.7. The smallest absolute Gasteiger partial charge is 0.119 e. The van der Waals surface area contributed by atoms with Gasteiger partial charge >= 0.3 is 0 Å². The minimum atomic E-state index is 0.151. The Morgan fingerprint density at radius 2 is 2.00 bits per heavy atom. The van der Waals surface area contributed by atoms with Crippen molar-refractivity contribution in [1.82, 2.24) is 10.2 Å². The van der Waals surface area contributed by atoms with Crippen LogP contribution in [0.1, 0.15) is 33.3 Å². The summed E-state index contributed by atoms with van der Waals surface area (Å²) in [6.45, 7) is 12.1. The van der Waals surface area contributed by atoms with Crippen molar-refractivity contribution >= 4 is 15.9 Å². The van der Waals surface area contributed by atoms with Gasteiger partial charge in [-0.2, -0.15) is 0 Å². The third-order valence-corrected chi connectivity index (χ3v) is 4.83. The monoisotopic (exact) mass is 340 g/mol. The molecule has 20 heavy (non-hydrogen) atoms. The lowest BCUT2D eigenvalue weighted by Gasteiger charge is -2.49. The summed E-state index contributed by atoms with van der Waals surface area (Å²) in [6, 6.07) is 6.17. The topological polar surface area (TPSA) is 24.5 Å². The van der Waals surface area contributed by atoms with Crippen LogP contribution in [-0.4, -0.2) is 36.2 Å². The summed E-state index contributed by atoms with van der Waals surface area (Å²) in [4.78, 5) is 2.54. The van der Waals surface area contributed by atoms with E-state index in [-0.39, 0.29) is 11.1 Å². The van der Waals surface area contributed by atoms with Crippen LogP contribution in [0.2, 0.25) is 0 Å². The van der Waals surface area contributed by atoms with E-state index in [2.05, 4.69) is 66.0 Å². The van der Waals surface area contributed by atoms with Gasteiger partial charge in [-0.25, -0.2) is 0 Å². The van der Waals surface area contributed by atoms with Gasteiger partial charge in [0.2, 0.25) is 0 Å². The number of ether oxygens (including phenoxy) is 1. The number of piperazine rings is 1. The van der Waals surface area contributed by atoms with Gasteiger partial charge in [-0.15, -0.1) is 0 Å². The van der Waals surface area contributed by atoms with E-state index in [0.29, 0.717) is 0 Å². The van der Waals surface area contributed by atoms with E-state index in [9.17, 15) is 0 Å². The molecule has 0 radical (unpaired) electrons. The molecule has 0 spiro atoms. The van der Waals surface area contributed by atoms with Gasteiger partial charge in [0.15, 0.2) is 0 Å². The van der Waals surface area contributed by atoms with Gasteiger partial charge in [0, 0.05) is 35.2 Å². The van der Waals surface area contributed by atoms with Crippen LogP contribution in [0, 0.1) is 0 Å². The molecule has 1 aliphatic heterocycles. The van der Waals surface area contributed by atoms with Crippen LogP contribution < -0.4 is 10.1 Å². The average Bonchev–Trinajstić information content (AvgIpc) is 2.37. The van der Waals surface area contributed by atoms with Crippen LogP contribution in [0.25, 0.3) is 0 Å². The summed E-state index contributed by atoms with van der Waals surface area (Å²) < 4.78 is 6.48. The second-order valence-corrected chi connectivity index (χ2v) is 7.72. The van der Waals surface area contributed by atoms with Gasteiger partial charge in [0.25, 0.3) is 0 Å². The molecule has 4 heteroatoms. The SMILES string of the molecule is COc1ccc(Br)c(CN2CC(C)(C)NCC2(C)C)c1. The first kappa shape index (κ1) is 15.8. The number of halogens is 1. The number of hydrogen-bond acceptors (Lipinski definition) is 3. The Hall–Kier alpha value is -0.580. The van der Waals surface area contributed by atoms with Crippen LogP contribution in [0.15, 0.2) is 22.7 Å². The molecule has 0 aromatic heterocycles. The van der Waals surface area contributed by atoms with Crippen molar-refractivity contribution in [2.24, 2.45) is 0 Å². The highest BCUT2D eigenvalue weighted by Gasteiger charge is 2.37. The second-order valence-electron chi connectivity index (χ2n) is 6.86. The maximum Gasteiger partial charge on any atom is 0.119 e. The Bertz CT molecular complexity index is 485. The number of benzene rings is 1. The van der Waals surface area contributed by atoms with Crippen LogP contribution in [0.3, 0.4) is 0 Å². The third-order valence-electron chi connectivity index (χ3n) is 4.06. The summed E-state index contributed by atoms with van der Waals surface area (Å²) in [5, 5.41) is 3.62. The maximum absolute atomic E-state index is 5.34. The van der Waals surface area contributed by atoms with Crippen LogP contribution in [-0.2, 0) is 6.54 Å². The van der Waals surface area contributed by atoms with E-state index >= 15 is 0 Å². The fraction of sp³-hybridized carbons (Fsp3) is 0.625. The molecule has 2 rings (SSSR count). The van der Waals surface area contributed by atoms with Crippen molar-refractivity contribution in [3.63, 3.8) is 0 Å². The minimum Gasteiger partial charge on any atom is -0.497 e. The van der Waals surface area contributed by atoms with Gasteiger partial charge in [-0.05, 0) is 51.5 Å². The van der Waals surface area contributed by atoms with Crippen molar-refractivity contribution in [1.29, 1.82) is 0 Å². The third kappa shape index (κ3) is 3.54. The maximum atomic E-state index is 5.34. The Morgan fingerprint density at radius 3 is 2.65 bits per heavy atom. The van der Waals surface area contributed by atoms with Crippen molar-refractivity contribution in [2.75, 3.05) is 20.2 Å². The van der Waals surface area contributed by atoms with E-state index < -0.39 is 0 Å². The first-order chi connectivity index (χ1) is 9.23. The van der Waals surface area contributed by atoms with E-state index in [1.165, 1.54) is 5.56 Å². The lowest BCUT2D eigenvalue weighted by Crippen LogP contribution is -2.65. The normalized spacial score (nSPS) is 21.7. The fourth-order valence-corrected chi connectivity index (χ4v) is 2.96. The van der Waals surface area contributed by atoms with E-state index in [1.807, 2.05) is 6.07 Å². The molecule has 0 amide bonds. The second kappa shape index (κ2) is 5.66. The van der Waals surface area contributed by atoms with E-state index in [0.717, 1.165) is 29.9 Å². The highest BCUT2D eigenvalue weighted by Crippen LogP contribution is 2.29. The van der Waals surface area contributed by atoms with Gasteiger partial charge in [0.05, 0.1) is 7.11 Å². The van der Waals surface area contributed by atoms with Gasteiger partial charge in [-0.1, -0.05) is 15.9 Å². The largest absolute Gasteiger partial charge is 0.497 e. The summed E-state index contributed by atoms with van der Waals surface area (Å²) in [6.07, 6.45) is 0. The number of rotatable bonds is 3. The van der Waals surface area contributed by atoms with Crippen LogP contribution >= 0.6 is 15.9 Å². The fourth-order valence-electron chi connectivity index (χ4n) is 2.59. The summed E-state index contributed by atoms with van der Waals surface area (Å²) in [5.74, 6) is 0.912. The number of hydrogen-bond donors (Lipinski definition) is 1. The zero-order valence-electron chi connectivity index (χ0n) is 13.1.